The molecule has 2 aromatic rings. The highest BCUT2D eigenvalue weighted by atomic mass is 127. The van der Waals surface area contributed by atoms with Crippen molar-refractivity contribution in [1.29, 1.82) is 5.26 Å². The molecule has 2 N–H and O–H groups in total. The van der Waals surface area contributed by atoms with Gasteiger partial charge in [0, 0.05) is 28.9 Å². The van der Waals surface area contributed by atoms with Gasteiger partial charge in [-0.1, -0.05) is 6.07 Å². The van der Waals surface area contributed by atoms with E-state index in [4.69, 9.17) is 5.73 Å². The molecule has 0 atom stereocenters. The van der Waals surface area contributed by atoms with Crippen molar-refractivity contribution >= 4 is 45.2 Å². The number of aromatic nitrogens is 1. The van der Waals surface area contributed by atoms with Gasteiger partial charge in [0.25, 0.3) is 0 Å². The fraction of sp³-hybridized carbons (Fsp3) is 0. The molecule has 0 bridgehead atoms. The Morgan fingerprint density at radius 3 is 2.82 bits per heavy atom. The summed E-state index contributed by atoms with van der Waals surface area (Å²) in [5, 5.41) is 11.2. The van der Waals surface area contributed by atoms with Crippen LogP contribution in [0.1, 0.15) is 11.1 Å². The van der Waals surface area contributed by atoms with Crippen LogP contribution in [-0.4, -0.2) is 4.98 Å². The maximum Gasteiger partial charge on any atom is 0.102 e. The monoisotopic (exact) mass is 353 g/mol. The first-order valence-corrected chi connectivity index (χ1v) is 6.73. The summed E-state index contributed by atoms with van der Waals surface area (Å²) in [5.74, 6) is 0. The largest absolute Gasteiger partial charge is 0.397 e. The zero-order valence-corrected chi connectivity index (χ0v) is 11.7. The second-order valence-corrected chi connectivity index (χ2v) is 6.09. The minimum absolute atomic E-state index is 0.465. The first kappa shape index (κ1) is 12.1. The van der Waals surface area contributed by atoms with Crippen LogP contribution < -0.4 is 5.73 Å². The molecular weight excluding hydrogens is 345 g/mol. The highest BCUT2D eigenvalue weighted by molar-refractivity contribution is 14.1. The fourth-order valence-corrected chi connectivity index (χ4v) is 2.73. The van der Waals surface area contributed by atoms with Crippen LogP contribution in [0.3, 0.4) is 0 Å². The molecule has 84 valence electrons. The van der Waals surface area contributed by atoms with Gasteiger partial charge in [-0.15, -0.1) is 11.3 Å². The molecule has 2 rings (SSSR count). The molecule has 17 heavy (non-hydrogen) atoms. The van der Waals surface area contributed by atoms with Crippen LogP contribution in [0, 0.1) is 14.2 Å². The van der Waals surface area contributed by atoms with Crippen molar-refractivity contribution in [2.45, 2.75) is 0 Å². The van der Waals surface area contributed by atoms with Gasteiger partial charge in [0.1, 0.15) is 6.07 Å². The first-order chi connectivity index (χ1) is 8.22. The SMILES string of the molecule is N#C/C(=C(/N)c1csc(I)c1)c1cccnc1. The van der Waals surface area contributed by atoms with Crippen LogP contribution in [0.4, 0.5) is 0 Å². The van der Waals surface area contributed by atoms with Gasteiger partial charge in [-0.3, -0.25) is 4.98 Å². The average Bonchev–Trinajstić information content (AvgIpc) is 2.78. The lowest BCUT2D eigenvalue weighted by Gasteiger charge is -2.03. The van der Waals surface area contributed by atoms with Gasteiger partial charge < -0.3 is 5.73 Å². The molecule has 0 aliphatic rings. The Bertz CT molecular complexity index is 596. The molecular formula is C12H8IN3S. The van der Waals surface area contributed by atoms with E-state index >= 15 is 0 Å². The lowest BCUT2D eigenvalue weighted by molar-refractivity contribution is 1.31. The molecule has 3 nitrogen and oxygen atoms in total. The van der Waals surface area contributed by atoms with Crippen molar-refractivity contribution in [3.8, 4) is 6.07 Å². The first-order valence-electron chi connectivity index (χ1n) is 4.77. The molecule has 2 aromatic heterocycles. The number of hydrogen-bond donors (Lipinski definition) is 1. The molecule has 0 aromatic carbocycles. The predicted molar refractivity (Wildman–Crippen MR) is 77.9 cm³/mol. The van der Waals surface area contributed by atoms with E-state index in [0.717, 1.165) is 14.0 Å². The van der Waals surface area contributed by atoms with Crippen LogP contribution in [0.15, 0.2) is 36.0 Å². The number of hydrogen-bond acceptors (Lipinski definition) is 4. The molecule has 0 saturated heterocycles. The molecule has 0 fully saturated rings. The standard InChI is InChI=1S/C12H8IN3S/c13-11-4-9(7-17-11)12(15)10(5-14)8-2-1-3-16-6-8/h1-4,6-7H,15H2/b12-10-. The minimum Gasteiger partial charge on any atom is -0.397 e. The summed E-state index contributed by atoms with van der Waals surface area (Å²) >= 11 is 3.83. The van der Waals surface area contributed by atoms with Crippen LogP contribution in [0.2, 0.25) is 0 Å². The third-order valence-corrected chi connectivity index (χ3v) is 4.00. The lowest BCUT2D eigenvalue weighted by atomic mass is 10.0. The molecule has 0 spiro atoms. The van der Waals surface area contributed by atoms with E-state index in [1.165, 1.54) is 0 Å². The third kappa shape index (κ3) is 2.65. The van der Waals surface area contributed by atoms with Crippen molar-refractivity contribution in [2.24, 2.45) is 5.73 Å². The van der Waals surface area contributed by atoms with E-state index in [1.54, 1.807) is 29.8 Å². The van der Waals surface area contributed by atoms with Gasteiger partial charge >= 0.3 is 0 Å². The van der Waals surface area contributed by atoms with E-state index < -0.39 is 0 Å². The second-order valence-electron chi connectivity index (χ2n) is 3.28. The Hall–Kier alpha value is -1.39. The second kappa shape index (κ2) is 5.29. The topological polar surface area (TPSA) is 62.7 Å². The van der Waals surface area contributed by atoms with Crippen molar-refractivity contribution in [2.75, 3.05) is 0 Å². The van der Waals surface area contributed by atoms with Crippen LogP contribution >= 0.6 is 33.9 Å². The predicted octanol–water partition coefficient (Wildman–Crippen LogP) is 3.10. The van der Waals surface area contributed by atoms with Gasteiger partial charge in [0.2, 0.25) is 0 Å². The van der Waals surface area contributed by atoms with Crippen molar-refractivity contribution in [3.63, 3.8) is 0 Å². The zero-order valence-electron chi connectivity index (χ0n) is 8.72. The summed E-state index contributed by atoms with van der Waals surface area (Å²) in [6.45, 7) is 0. The van der Waals surface area contributed by atoms with Gasteiger partial charge in [-0.25, -0.2) is 0 Å². The van der Waals surface area contributed by atoms with Crippen LogP contribution in [-0.2, 0) is 0 Å². The number of nitriles is 1. The molecule has 0 aliphatic carbocycles. The number of nitrogens with two attached hydrogens (primary N) is 1. The van der Waals surface area contributed by atoms with E-state index in [-0.39, 0.29) is 0 Å². The molecule has 0 saturated carbocycles. The van der Waals surface area contributed by atoms with Crippen molar-refractivity contribution < 1.29 is 0 Å². The maximum atomic E-state index is 9.20. The Morgan fingerprint density at radius 2 is 2.29 bits per heavy atom. The normalized spacial score (nSPS) is 11.8. The van der Waals surface area contributed by atoms with Crippen molar-refractivity contribution in [1.82, 2.24) is 4.98 Å². The van der Waals surface area contributed by atoms with Gasteiger partial charge in [-0.2, -0.15) is 5.26 Å². The smallest absolute Gasteiger partial charge is 0.102 e. The number of rotatable bonds is 2. The summed E-state index contributed by atoms with van der Waals surface area (Å²) in [4.78, 5) is 4.00. The number of allylic oxidation sites excluding steroid dienone is 1. The van der Waals surface area contributed by atoms with E-state index in [0.29, 0.717) is 11.3 Å². The molecule has 0 radical (unpaired) electrons. The van der Waals surface area contributed by atoms with Gasteiger partial charge in [-0.05, 0) is 34.7 Å². The molecule has 0 amide bonds. The Kier molecular flexibility index (Phi) is 3.76. The Labute approximate surface area is 117 Å². The van der Waals surface area contributed by atoms with Crippen LogP contribution in [0.25, 0.3) is 11.3 Å². The number of nitrogens with zero attached hydrogens (tertiary/aromatic N) is 2. The van der Waals surface area contributed by atoms with Crippen LogP contribution in [0.5, 0.6) is 0 Å². The quantitative estimate of drug-likeness (QED) is 0.667. The molecule has 0 unspecified atom stereocenters. The highest BCUT2D eigenvalue weighted by Gasteiger charge is 2.09. The van der Waals surface area contributed by atoms with E-state index in [1.807, 2.05) is 17.5 Å². The summed E-state index contributed by atoms with van der Waals surface area (Å²) in [7, 11) is 0. The third-order valence-electron chi connectivity index (χ3n) is 2.21. The van der Waals surface area contributed by atoms with E-state index in [9.17, 15) is 5.26 Å². The minimum atomic E-state index is 0.465. The van der Waals surface area contributed by atoms with E-state index in [2.05, 4.69) is 33.6 Å². The van der Waals surface area contributed by atoms with Crippen molar-refractivity contribution in [3.05, 3.63) is 50.0 Å². The summed E-state index contributed by atoms with van der Waals surface area (Å²) in [6, 6.07) is 7.73. The summed E-state index contributed by atoms with van der Waals surface area (Å²) in [6.07, 6.45) is 3.31. The fourth-order valence-electron chi connectivity index (χ4n) is 1.39. The number of pyridine rings is 1. The summed E-state index contributed by atoms with van der Waals surface area (Å²) < 4.78 is 1.14. The van der Waals surface area contributed by atoms with Gasteiger partial charge in [0.05, 0.1) is 14.2 Å². The number of halogens is 1. The Balaban J connectivity index is 2.52. The molecule has 5 heteroatoms. The summed E-state index contributed by atoms with van der Waals surface area (Å²) in [5.41, 5.74) is 8.63. The number of thiophene rings is 1. The highest BCUT2D eigenvalue weighted by Crippen LogP contribution is 2.26. The molecule has 0 aliphatic heterocycles. The lowest BCUT2D eigenvalue weighted by Crippen LogP contribution is -1.99. The zero-order chi connectivity index (χ0) is 12.3. The Morgan fingerprint density at radius 1 is 1.47 bits per heavy atom. The van der Waals surface area contributed by atoms with Gasteiger partial charge in [0.15, 0.2) is 0 Å². The molecule has 2 heterocycles. The maximum absolute atomic E-state index is 9.20. The average molecular weight is 353 g/mol.